The number of aliphatic hydroxyl groups is 1. The topological polar surface area (TPSA) is 98.6 Å². The number of thiophene rings is 1. The zero-order valence-corrected chi connectivity index (χ0v) is 19.6. The fourth-order valence-corrected chi connectivity index (χ4v) is 3.20. The van der Waals surface area contributed by atoms with Crippen molar-refractivity contribution in [2.45, 2.75) is 26.4 Å². The van der Waals surface area contributed by atoms with Gasteiger partial charge in [-0.2, -0.15) is 0 Å². The molecule has 2 rings (SSSR count). The largest absolute Gasteiger partial charge is 0.386 e. The van der Waals surface area contributed by atoms with Gasteiger partial charge in [-0.1, -0.05) is 17.7 Å². The Bertz CT molecular complexity index is 770. The van der Waals surface area contributed by atoms with Gasteiger partial charge in [-0.05, 0) is 37.6 Å². The summed E-state index contributed by atoms with van der Waals surface area (Å²) >= 11 is 7.22. The van der Waals surface area contributed by atoms with Gasteiger partial charge in [0.25, 0.3) is 0 Å². The van der Waals surface area contributed by atoms with Crippen LogP contribution < -0.4 is 16.0 Å². The lowest BCUT2D eigenvalue weighted by atomic mass is 10.3. The number of aromatic nitrogens is 1. The van der Waals surface area contributed by atoms with Crippen LogP contribution in [0, 0.1) is 6.92 Å². The molecule has 0 aliphatic rings. The summed E-state index contributed by atoms with van der Waals surface area (Å²) in [6.07, 6.45) is 1.26. The quantitative estimate of drug-likeness (QED) is 0.235. The molecule has 0 spiro atoms. The maximum absolute atomic E-state index is 12.0. The maximum Gasteiger partial charge on any atom is 0.227 e. The number of aryl methyl sites for hydroxylation is 1. The number of aliphatic imine (C=N–C) groups is 1. The average molecular weight is 538 g/mol. The van der Waals surface area contributed by atoms with Gasteiger partial charge in [0.1, 0.15) is 11.9 Å². The molecule has 1 atom stereocenters. The highest BCUT2D eigenvalue weighted by molar-refractivity contribution is 14.0. The number of amides is 1. The zero-order valence-electron chi connectivity index (χ0n) is 15.7. The second-order valence-corrected chi connectivity index (χ2v) is 7.57. The summed E-state index contributed by atoms with van der Waals surface area (Å²) in [5, 5.41) is 19.1. The predicted molar refractivity (Wildman–Crippen MR) is 126 cm³/mol. The van der Waals surface area contributed by atoms with Gasteiger partial charge >= 0.3 is 0 Å². The van der Waals surface area contributed by atoms with Gasteiger partial charge in [-0.15, -0.1) is 35.3 Å². The molecule has 0 aliphatic carbocycles. The summed E-state index contributed by atoms with van der Waals surface area (Å²) in [4.78, 5) is 21.3. The van der Waals surface area contributed by atoms with E-state index in [4.69, 9.17) is 11.6 Å². The summed E-state index contributed by atoms with van der Waals surface area (Å²) < 4.78 is 0.632. The molecule has 0 saturated heterocycles. The van der Waals surface area contributed by atoms with E-state index in [1.807, 2.05) is 19.9 Å². The molecule has 2 aromatic heterocycles. The fourth-order valence-electron chi connectivity index (χ4n) is 2.16. The summed E-state index contributed by atoms with van der Waals surface area (Å²) in [6.45, 7) is 5.17. The van der Waals surface area contributed by atoms with Crippen molar-refractivity contribution in [3.8, 4) is 0 Å². The summed E-state index contributed by atoms with van der Waals surface area (Å²) in [5.41, 5.74) is 1.04. The van der Waals surface area contributed by atoms with Gasteiger partial charge in [0.2, 0.25) is 5.91 Å². The van der Waals surface area contributed by atoms with Crippen LogP contribution >= 0.6 is 46.9 Å². The number of nitrogens with zero attached hydrogens (tertiary/aromatic N) is 2. The molecule has 1 amide bonds. The van der Waals surface area contributed by atoms with E-state index in [1.54, 1.807) is 24.4 Å². The van der Waals surface area contributed by atoms with Crippen LogP contribution in [0.3, 0.4) is 0 Å². The standard InChI is InChI=1S/C18H24ClN5O2S.HI/c1-3-20-18(23-11-13(25)14-5-6-15(19)27-14)21-9-8-17(26)24-16-7-4-12(2)10-22-16;/h4-7,10,13,25H,3,8-9,11H2,1-2H3,(H2,20,21,23)(H,22,24,26);1H. The molecule has 2 aromatic rings. The van der Waals surface area contributed by atoms with E-state index >= 15 is 0 Å². The van der Waals surface area contributed by atoms with Gasteiger partial charge in [-0.25, -0.2) is 4.98 Å². The van der Waals surface area contributed by atoms with Crippen molar-refractivity contribution in [1.29, 1.82) is 0 Å². The van der Waals surface area contributed by atoms with Crippen molar-refractivity contribution in [3.05, 3.63) is 45.2 Å². The van der Waals surface area contributed by atoms with E-state index < -0.39 is 6.10 Å². The molecule has 4 N–H and O–H groups in total. The number of nitrogens with one attached hydrogen (secondary N) is 3. The first-order chi connectivity index (χ1) is 13.0. The molecule has 0 radical (unpaired) electrons. The lowest BCUT2D eigenvalue weighted by Gasteiger charge is -2.12. The molecule has 0 aromatic carbocycles. The normalized spacial score (nSPS) is 12.1. The van der Waals surface area contributed by atoms with Crippen LogP contribution in [-0.4, -0.2) is 41.6 Å². The average Bonchev–Trinajstić information content (AvgIpc) is 3.08. The third kappa shape index (κ3) is 8.72. The first-order valence-corrected chi connectivity index (χ1v) is 9.85. The number of pyridine rings is 1. The van der Waals surface area contributed by atoms with Crippen LogP contribution in [0.25, 0.3) is 0 Å². The van der Waals surface area contributed by atoms with Crippen LogP contribution in [-0.2, 0) is 4.79 Å². The third-order valence-corrected chi connectivity index (χ3v) is 4.84. The Morgan fingerprint density at radius 2 is 2.11 bits per heavy atom. The zero-order chi connectivity index (χ0) is 19.6. The van der Waals surface area contributed by atoms with Crippen molar-refractivity contribution < 1.29 is 9.90 Å². The second kappa shape index (κ2) is 12.9. The van der Waals surface area contributed by atoms with Crippen molar-refractivity contribution in [3.63, 3.8) is 0 Å². The van der Waals surface area contributed by atoms with Crippen LogP contribution in [0.4, 0.5) is 5.82 Å². The predicted octanol–water partition coefficient (Wildman–Crippen LogP) is 3.34. The van der Waals surface area contributed by atoms with Crippen LogP contribution in [0.1, 0.15) is 29.9 Å². The van der Waals surface area contributed by atoms with Gasteiger partial charge < -0.3 is 21.1 Å². The first-order valence-electron chi connectivity index (χ1n) is 8.66. The highest BCUT2D eigenvalue weighted by Crippen LogP contribution is 2.26. The molecular formula is C18H25ClIN5O2S. The minimum atomic E-state index is -0.714. The van der Waals surface area contributed by atoms with Crippen LogP contribution in [0.15, 0.2) is 35.5 Å². The number of aliphatic hydroxyl groups excluding tert-OH is 1. The lowest BCUT2D eigenvalue weighted by molar-refractivity contribution is -0.116. The van der Waals surface area contributed by atoms with E-state index in [9.17, 15) is 9.90 Å². The fraction of sp³-hybridized carbons (Fsp3) is 0.389. The van der Waals surface area contributed by atoms with E-state index in [0.29, 0.717) is 29.2 Å². The Hall–Kier alpha value is -1.43. The van der Waals surface area contributed by atoms with Crippen LogP contribution in [0.5, 0.6) is 0 Å². The molecule has 154 valence electrons. The van der Waals surface area contributed by atoms with Gasteiger partial charge in [-0.3, -0.25) is 9.79 Å². The molecule has 28 heavy (non-hydrogen) atoms. The maximum atomic E-state index is 12.0. The summed E-state index contributed by atoms with van der Waals surface area (Å²) in [5.74, 6) is 0.937. The molecule has 0 saturated carbocycles. The first kappa shape index (κ1) is 24.6. The third-order valence-electron chi connectivity index (χ3n) is 3.51. The molecule has 7 nitrogen and oxygen atoms in total. The molecule has 10 heteroatoms. The second-order valence-electron chi connectivity index (χ2n) is 5.82. The van der Waals surface area contributed by atoms with E-state index in [0.717, 1.165) is 10.4 Å². The Morgan fingerprint density at radius 3 is 2.71 bits per heavy atom. The van der Waals surface area contributed by atoms with Gasteiger partial charge in [0.15, 0.2) is 5.96 Å². The molecule has 0 bridgehead atoms. The SMILES string of the molecule is CCNC(=NCC(O)c1ccc(Cl)s1)NCCC(=O)Nc1ccc(C)cn1.I. The van der Waals surface area contributed by atoms with E-state index in [2.05, 4.69) is 25.9 Å². The number of rotatable bonds is 8. The number of anilines is 1. The van der Waals surface area contributed by atoms with Crippen molar-refractivity contribution >= 4 is 64.6 Å². The van der Waals surface area contributed by atoms with E-state index in [-0.39, 0.29) is 42.8 Å². The molecule has 1 unspecified atom stereocenters. The highest BCUT2D eigenvalue weighted by atomic mass is 127. The van der Waals surface area contributed by atoms with Gasteiger partial charge in [0, 0.05) is 30.6 Å². The number of guanidine groups is 1. The summed E-state index contributed by atoms with van der Waals surface area (Å²) in [6, 6.07) is 7.20. The molecule has 0 fully saturated rings. The number of halogens is 2. The lowest BCUT2D eigenvalue weighted by Crippen LogP contribution is -2.39. The number of hydrogen-bond donors (Lipinski definition) is 4. The Balaban J connectivity index is 0.00000392. The Kier molecular flexibility index (Phi) is 11.4. The minimum absolute atomic E-state index is 0. The highest BCUT2D eigenvalue weighted by Gasteiger charge is 2.10. The number of carbonyl (C=O) groups is 1. The number of hydrogen-bond acceptors (Lipinski definition) is 5. The monoisotopic (exact) mass is 537 g/mol. The molecule has 2 heterocycles. The molecular weight excluding hydrogens is 513 g/mol. The summed E-state index contributed by atoms with van der Waals surface area (Å²) in [7, 11) is 0. The van der Waals surface area contributed by atoms with Crippen molar-refractivity contribution in [1.82, 2.24) is 15.6 Å². The smallest absolute Gasteiger partial charge is 0.227 e. The Morgan fingerprint density at radius 1 is 1.32 bits per heavy atom. The molecule has 0 aliphatic heterocycles. The Labute approximate surface area is 191 Å². The van der Waals surface area contributed by atoms with Crippen molar-refractivity contribution in [2.24, 2.45) is 4.99 Å². The number of carbonyl (C=O) groups excluding carboxylic acids is 1. The minimum Gasteiger partial charge on any atom is -0.386 e. The van der Waals surface area contributed by atoms with E-state index in [1.165, 1.54) is 11.3 Å². The van der Waals surface area contributed by atoms with Gasteiger partial charge in [0.05, 0.1) is 10.9 Å². The van der Waals surface area contributed by atoms with Crippen molar-refractivity contribution in [2.75, 3.05) is 25.0 Å². The van der Waals surface area contributed by atoms with Crippen LogP contribution in [0.2, 0.25) is 4.34 Å².